The molecule has 2 heterocycles. The summed E-state index contributed by atoms with van der Waals surface area (Å²) >= 11 is 0. The standard InChI is InChI=1S/C21H14F2N2O3/c22-21(23,20-25-16-8-4-5-9-17(16)27-20)18(14-6-2-1-3-7-14)28-19(26)15-10-12-24-13-11-15/h1-13,18H. The predicted octanol–water partition coefficient (Wildman–Crippen LogP) is 4.91. The zero-order valence-electron chi connectivity index (χ0n) is 14.5. The summed E-state index contributed by atoms with van der Waals surface area (Å²) in [6.45, 7) is 0. The number of ether oxygens (including phenoxy) is 1. The second-order valence-corrected chi connectivity index (χ2v) is 6.04. The molecule has 4 aromatic rings. The van der Waals surface area contributed by atoms with E-state index in [0.29, 0.717) is 5.52 Å². The molecule has 0 spiro atoms. The number of benzene rings is 2. The Labute approximate surface area is 158 Å². The number of carbonyl (C=O) groups excluding carboxylic acids is 1. The second-order valence-electron chi connectivity index (χ2n) is 6.04. The van der Waals surface area contributed by atoms with Crippen molar-refractivity contribution in [2.45, 2.75) is 12.0 Å². The first-order chi connectivity index (χ1) is 13.6. The average molecular weight is 380 g/mol. The Morgan fingerprint density at radius 2 is 1.64 bits per heavy atom. The zero-order chi connectivity index (χ0) is 19.6. The highest BCUT2D eigenvalue weighted by molar-refractivity contribution is 5.89. The molecule has 0 saturated carbocycles. The van der Waals surface area contributed by atoms with Crippen LogP contribution in [0.25, 0.3) is 11.1 Å². The summed E-state index contributed by atoms with van der Waals surface area (Å²) in [5.74, 6) is -5.40. The van der Waals surface area contributed by atoms with Gasteiger partial charge in [0, 0.05) is 12.4 Å². The van der Waals surface area contributed by atoms with Crippen molar-refractivity contribution < 1.29 is 22.7 Å². The SMILES string of the molecule is O=C(OC(c1ccccc1)C(F)(F)c1nc2ccccc2o1)c1ccncc1. The molecule has 0 aliphatic carbocycles. The Kier molecular flexibility index (Phi) is 4.57. The summed E-state index contributed by atoms with van der Waals surface area (Å²) in [6, 6.07) is 17.0. The number of alkyl halides is 2. The van der Waals surface area contributed by atoms with Gasteiger partial charge in [-0.25, -0.2) is 9.78 Å². The van der Waals surface area contributed by atoms with Crippen LogP contribution in [0.5, 0.6) is 0 Å². The van der Waals surface area contributed by atoms with Crippen LogP contribution in [0.4, 0.5) is 8.78 Å². The van der Waals surface area contributed by atoms with E-state index in [-0.39, 0.29) is 16.7 Å². The number of nitrogens with zero attached hydrogens (tertiary/aromatic N) is 2. The van der Waals surface area contributed by atoms with Gasteiger partial charge < -0.3 is 9.15 Å². The van der Waals surface area contributed by atoms with Gasteiger partial charge in [0.05, 0.1) is 5.56 Å². The van der Waals surface area contributed by atoms with Crippen LogP contribution in [0.3, 0.4) is 0 Å². The maximum absolute atomic E-state index is 15.4. The minimum absolute atomic E-state index is 0.115. The van der Waals surface area contributed by atoms with Crippen LogP contribution in [0.1, 0.15) is 27.9 Å². The number of esters is 1. The lowest BCUT2D eigenvalue weighted by Crippen LogP contribution is -2.29. The molecule has 2 aromatic carbocycles. The van der Waals surface area contributed by atoms with Gasteiger partial charge in [-0.15, -0.1) is 0 Å². The first-order valence-corrected chi connectivity index (χ1v) is 8.45. The molecular weight excluding hydrogens is 366 g/mol. The average Bonchev–Trinajstić information content (AvgIpc) is 3.18. The summed E-state index contributed by atoms with van der Waals surface area (Å²) in [6.07, 6.45) is 0.850. The topological polar surface area (TPSA) is 65.2 Å². The van der Waals surface area contributed by atoms with E-state index in [0.717, 1.165) is 0 Å². The van der Waals surface area contributed by atoms with Gasteiger partial charge in [-0.3, -0.25) is 4.98 Å². The van der Waals surface area contributed by atoms with E-state index in [4.69, 9.17) is 9.15 Å². The monoisotopic (exact) mass is 380 g/mol. The van der Waals surface area contributed by atoms with E-state index >= 15 is 8.78 Å². The number of hydrogen-bond donors (Lipinski definition) is 0. The molecule has 140 valence electrons. The van der Waals surface area contributed by atoms with E-state index in [1.807, 2.05) is 0 Å². The highest BCUT2D eigenvalue weighted by Gasteiger charge is 2.50. The first-order valence-electron chi connectivity index (χ1n) is 8.45. The number of fused-ring (bicyclic) bond motifs is 1. The van der Waals surface area contributed by atoms with Gasteiger partial charge in [-0.1, -0.05) is 42.5 Å². The lowest BCUT2D eigenvalue weighted by atomic mass is 10.0. The number of rotatable bonds is 5. The Balaban J connectivity index is 1.74. The van der Waals surface area contributed by atoms with E-state index in [2.05, 4.69) is 9.97 Å². The molecule has 0 aliphatic heterocycles. The highest BCUT2D eigenvalue weighted by Crippen LogP contribution is 2.43. The minimum Gasteiger partial charge on any atom is -0.447 e. The largest absolute Gasteiger partial charge is 0.447 e. The molecule has 1 atom stereocenters. The summed E-state index contributed by atoms with van der Waals surface area (Å²) in [5.41, 5.74) is 0.760. The molecule has 0 amide bonds. The second kappa shape index (κ2) is 7.19. The normalized spacial score (nSPS) is 12.6. The summed E-state index contributed by atoms with van der Waals surface area (Å²) in [5, 5.41) is 0. The van der Waals surface area contributed by atoms with Crippen molar-refractivity contribution >= 4 is 17.1 Å². The van der Waals surface area contributed by atoms with Crippen molar-refractivity contribution in [1.82, 2.24) is 9.97 Å². The molecule has 0 bridgehead atoms. The Hall–Kier alpha value is -3.61. The lowest BCUT2D eigenvalue weighted by Gasteiger charge is -2.24. The lowest BCUT2D eigenvalue weighted by molar-refractivity contribution is -0.138. The van der Waals surface area contributed by atoms with Crippen molar-refractivity contribution in [1.29, 1.82) is 0 Å². The van der Waals surface area contributed by atoms with Gasteiger partial charge >= 0.3 is 11.9 Å². The summed E-state index contributed by atoms with van der Waals surface area (Å²) in [4.78, 5) is 20.1. The van der Waals surface area contributed by atoms with Crippen molar-refractivity contribution in [3.8, 4) is 0 Å². The van der Waals surface area contributed by atoms with Gasteiger partial charge in [0.15, 0.2) is 11.7 Å². The number of carbonyl (C=O) groups is 1. The van der Waals surface area contributed by atoms with Crippen LogP contribution in [-0.4, -0.2) is 15.9 Å². The van der Waals surface area contributed by atoms with Crippen LogP contribution >= 0.6 is 0 Å². The zero-order valence-corrected chi connectivity index (χ0v) is 14.5. The number of para-hydroxylation sites is 2. The van der Waals surface area contributed by atoms with E-state index in [1.165, 1.54) is 36.7 Å². The minimum atomic E-state index is -3.69. The molecule has 4 rings (SSSR count). The van der Waals surface area contributed by atoms with E-state index < -0.39 is 23.9 Å². The van der Waals surface area contributed by atoms with Gasteiger partial charge in [0.25, 0.3) is 5.89 Å². The summed E-state index contributed by atoms with van der Waals surface area (Å²) < 4.78 is 41.2. The Morgan fingerprint density at radius 1 is 0.964 bits per heavy atom. The van der Waals surface area contributed by atoms with Gasteiger partial charge in [-0.05, 0) is 29.8 Å². The number of halogens is 2. The van der Waals surface area contributed by atoms with Crippen molar-refractivity contribution in [3.63, 3.8) is 0 Å². The summed E-state index contributed by atoms with van der Waals surface area (Å²) in [7, 11) is 0. The number of hydrogen-bond acceptors (Lipinski definition) is 5. The molecule has 0 N–H and O–H groups in total. The molecule has 5 nitrogen and oxygen atoms in total. The number of oxazole rings is 1. The molecule has 0 saturated heterocycles. The van der Waals surface area contributed by atoms with Crippen molar-refractivity contribution in [2.24, 2.45) is 0 Å². The van der Waals surface area contributed by atoms with Gasteiger partial charge in [0.2, 0.25) is 0 Å². The quantitative estimate of drug-likeness (QED) is 0.460. The molecule has 1 unspecified atom stereocenters. The third-order valence-corrected chi connectivity index (χ3v) is 4.15. The third kappa shape index (κ3) is 3.34. The molecule has 0 radical (unpaired) electrons. The first kappa shape index (κ1) is 17.8. The molecule has 28 heavy (non-hydrogen) atoms. The smallest absolute Gasteiger partial charge is 0.362 e. The van der Waals surface area contributed by atoms with Crippen molar-refractivity contribution in [2.75, 3.05) is 0 Å². The van der Waals surface area contributed by atoms with Crippen LogP contribution in [0.15, 0.2) is 83.5 Å². The Bertz CT molecular complexity index is 1070. The Morgan fingerprint density at radius 3 is 2.36 bits per heavy atom. The molecule has 7 heteroatoms. The van der Waals surface area contributed by atoms with E-state index in [1.54, 1.807) is 42.5 Å². The molecule has 2 aromatic heterocycles. The third-order valence-electron chi connectivity index (χ3n) is 4.15. The van der Waals surface area contributed by atoms with Gasteiger partial charge in [-0.2, -0.15) is 8.78 Å². The predicted molar refractivity (Wildman–Crippen MR) is 96.7 cm³/mol. The van der Waals surface area contributed by atoms with E-state index in [9.17, 15) is 4.79 Å². The molecule has 0 fully saturated rings. The maximum atomic E-state index is 15.4. The van der Waals surface area contributed by atoms with Crippen molar-refractivity contribution in [3.05, 3.63) is 96.1 Å². The fourth-order valence-corrected chi connectivity index (χ4v) is 2.77. The van der Waals surface area contributed by atoms with Crippen LogP contribution in [0, 0.1) is 0 Å². The number of aromatic nitrogens is 2. The van der Waals surface area contributed by atoms with Gasteiger partial charge in [0.1, 0.15) is 5.52 Å². The fourth-order valence-electron chi connectivity index (χ4n) is 2.77. The van der Waals surface area contributed by atoms with Crippen LogP contribution in [-0.2, 0) is 10.7 Å². The van der Waals surface area contributed by atoms with Crippen LogP contribution in [0.2, 0.25) is 0 Å². The fraction of sp³-hybridized carbons (Fsp3) is 0.0952. The molecule has 0 aliphatic rings. The highest BCUT2D eigenvalue weighted by atomic mass is 19.3. The number of pyridine rings is 1. The van der Waals surface area contributed by atoms with Crippen LogP contribution < -0.4 is 0 Å². The maximum Gasteiger partial charge on any atom is 0.362 e. The molecular formula is C21H14F2N2O3.